The molecule has 1 atom stereocenters. The summed E-state index contributed by atoms with van der Waals surface area (Å²) >= 11 is 0. The molecule has 1 aromatic heterocycles. The van der Waals surface area contributed by atoms with E-state index in [1.54, 1.807) is 17.8 Å². The summed E-state index contributed by atoms with van der Waals surface area (Å²) < 4.78 is 53.7. The number of nitrogens with one attached hydrogen (secondary N) is 2. The summed E-state index contributed by atoms with van der Waals surface area (Å²) in [7, 11) is 1.38. The molecule has 0 amide bonds. The van der Waals surface area contributed by atoms with E-state index in [-0.39, 0.29) is 18.5 Å². The highest BCUT2D eigenvalue weighted by molar-refractivity contribution is 5.82. The molecular formula is C17H25F4N7. The fourth-order valence-corrected chi connectivity index (χ4v) is 3.64. The first-order chi connectivity index (χ1) is 13.2. The van der Waals surface area contributed by atoms with Gasteiger partial charge >= 0.3 is 6.18 Å². The first-order valence-corrected chi connectivity index (χ1v) is 9.14. The molecule has 2 aliphatic rings. The Morgan fingerprint density at radius 3 is 2.61 bits per heavy atom. The molecule has 0 aliphatic carbocycles. The molecule has 0 bridgehead atoms. The smallest absolute Gasteiger partial charge is 0.374 e. The van der Waals surface area contributed by atoms with Gasteiger partial charge in [0.15, 0.2) is 0 Å². The third kappa shape index (κ3) is 4.00. The quantitative estimate of drug-likeness (QED) is 0.650. The lowest BCUT2D eigenvalue weighted by Crippen LogP contribution is -2.54. The molecule has 0 radical (unpaired) electrons. The number of aliphatic imine (C=N–C) groups is 1. The van der Waals surface area contributed by atoms with E-state index in [1.165, 1.54) is 7.05 Å². The zero-order chi connectivity index (χ0) is 20.5. The lowest BCUT2D eigenvalue weighted by atomic mass is 10.0. The van der Waals surface area contributed by atoms with E-state index >= 15 is 0 Å². The maximum atomic E-state index is 13.1. The summed E-state index contributed by atoms with van der Waals surface area (Å²) in [5.41, 5.74) is 6.48. The molecule has 1 saturated heterocycles. The van der Waals surface area contributed by atoms with Crippen LogP contribution in [0.1, 0.15) is 30.1 Å². The summed E-state index contributed by atoms with van der Waals surface area (Å²) in [5.74, 6) is -1.79. The molecule has 3 rings (SSSR count). The lowest BCUT2D eigenvalue weighted by Gasteiger charge is -2.33. The van der Waals surface area contributed by atoms with Crippen LogP contribution < -0.4 is 16.4 Å². The Kier molecular flexibility index (Phi) is 5.67. The molecule has 156 valence electrons. The number of hydrogen-bond acceptors (Lipinski definition) is 6. The Balaban J connectivity index is 1.80. The van der Waals surface area contributed by atoms with Crippen molar-refractivity contribution in [3.8, 4) is 0 Å². The minimum atomic E-state index is -4.55. The van der Waals surface area contributed by atoms with Crippen molar-refractivity contribution in [1.82, 2.24) is 25.3 Å². The van der Waals surface area contributed by atoms with Crippen LogP contribution in [0.4, 0.5) is 17.6 Å². The normalized spacial score (nSPS) is 24.5. The van der Waals surface area contributed by atoms with Gasteiger partial charge in [-0.2, -0.15) is 18.3 Å². The summed E-state index contributed by atoms with van der Waals surface area (Å²) in [6.07, 6.45) is -0.442. The number of aryl methyl sites for hydroxylation is 1. The molecule has 28 heavy (non-hydrogen) atoms. The number of allylic oxidation sites excluding steroid dienone is 1. The third-order valence-electron chi connectivity index (χ3n) is 5.20. The van der Waals surface area contributed by atoms with Crippen LogP contribution >= 0.6 is 0 Å². The van der Waals surface area contributed by atoms with Gasteiger partial charge in [0, 0.05) is 39.1 Å². The average molecular weight is 403 g/mol. The Morgan fingerprint density at radius 2 is 2.04 bits per heavy atom. The van der Waals surface area contributed by atoms with Crippen molar-refractivity contribution in [1.29, 1.82) is 0 Å². The summed E-state index contributed by atoms with van der Waals surface area (Å²) in [6.45, 7) is 3.36. The van der Waals surface area contributed by atoms with Crippen LogP contribution in [0.2, 0.25) is 0 Å². The number of piperidine rings is 1. The number of hydrogen-bond donors (Lipinski definition) is 3. The average Bonchev–Trinajstić information content (AvgIpc) is 3.04. The van der Waals surface area contributed by atoms with Crippen LogP contribution in [0.15, 0.2) is 22.6 Å². The second kappa shape index (κ2) is 7.70. The largest absolute Gasteiger partial charge is 0.421 e. The first-order valence-electron chi connectivity index (χ1n) is 9.14. The summed E-state index contributed by atoms with van der Waals surface area (Å²) in [5, 5.41) is 9.68. The minimum absolute atomic E-state index is 0.129. The van der Waals surface area contributed by atoms with Gasteiger partial charge < -0.3 is 15.5 Å². The predicted molar refractivity (Wildman–Crippen MR) is 97.3 cm³/mol. The maximum Gasteiger partial charge on any atom is 0.421 e. The van der Waals surface area contributed by atoms with Crippen LogP contribution in [-0.2, 0) is 5.79 Å². The van der Waals surface area contributed by atoms with Gasteiger partial charge in [0.1, 0.15) is 18.1 Å². The topological polar surface area (TPSA) is 83.5 Å². The van der Waals surface area contributed by atoms with E-state index in [1.807, 2.05) is 0 Å². The van der Waals surface area contributed by atoms with E-state index in [2.05, 4.69) is 25.6 Å². The van der Waals surface area contributed by atoms with E-state index in [4.69, 9.17) is 5.73 Å². The van der Waals surface area contributed by atoms with Crippen molar-refractivity contribution in [2.45, 2.75) is 37.8 Å². The number of rotatable bonds is 5. The third-order valence-corrected chi connectivity index (χ3v) is 5.20. The summed E-state index contributed by atoms with van der Waals surface area (Å²) in [6, 6.07) is 0.129. The molecule has 0 aromatic carbocycles. The standard InChI is InChI=1S/C17H25F4N7/c1-11-14(10-28(26-11)12-3-6-27(7-4-12)8-5-18)17(22)24-9-13(16(19,20)21)15(23-2)25-17/h9-10,12,23,25H,3-8,22H2,1-2H3. The SMILES string of the molecule is CNC1=C(C(F)(F)F)C=NC(N)(c2cn(C3CCN(CCF)CC3)nc2C)N1. The number of nitrogens with two attached hydrogens (primary N) is 1. The second-order valence-electron chi connectivity index (χ2n) is 7.06. The van der Waals surface area contributed by atoms with Gasteiger partial charge in [-0.1, -0.05) is 0 Å². The van der Waals surface area contributed by atoms with E-state index in [0.29, 0.717) is 17.8 Å². The molecule has 1 fully saturated rings. The van der Waals surface area contributed by atoms with Gasteiger partial charge in [0.25, 0.3) is 0 Å². The Morgan fingerprint density at radius 1 is 1.36 bits per heavy atom. The van der Waals surface area contributed by atoms with Crippen LogP contribution in [0.3, 0.4) is 0 Å². The van der Waals surface area contributed by atoms with Crippen LogP contribution in [0.5, 0.6) is 0 Å². The number of aromatic nitrogens is 2. The van der Waals surface area contributed by atoms with E-state index in [0.717, 1.165) is 32.1 Å². The van der Waals surface area contributed by atoms with Crippen molar-refractivity contribution in [2.75, 3.05) is 33.4 Å². The lowest BCUT2D eigenvalue weighted by molar-refractivity contribution is -0.0875. The highest BCUT2D eigenvalue weighted by atomic mass is 19.4. The molecule has 0 saturated carbocycles. The molecule has 7 nitrogen and oxygen atoms in total. The maximum absolute atomic E-state index is 13.1. The highest BCUT2D eigenvalue weighted by Crippen LogP contribution is 2.32. The van der Waals surface area contributed by atoms with Crippen LogP contribution in [0.25, 0.3) is 0 Å². The zero-order valence-electron chi connectivity index (χ0n) is 15.9. The van der Waals surface area contributed by atoms with Crippen LogP contribution in [0, 0.1) is 6.92 Å². The molecule has 2 aliphatic heterocycles. The fraction of sp³-hybridized carbons (Fsp3) is 0.647. The number of alkyl halides is 4. The van der Waals surface area contributed by atoms with E-state index < -0.39 is 17.5 Å². The monoisotopic (exact) mass is 403 g/mol. The predicted octanol–water partition coefficient (Wildman–Crippen LogP) is 1.53. The first kappa shape index (κ1) is 20.6. The van der Waals surface area contributed by atoms with Gasteiger partial charge in [0.2, 0.25) is 5.79 Å². The molecule has 11 heteroatoms. The van der Waals surface area contributed by atoms with Crippen molar-refractivity contribution in [2.24, 2.45) is 10.7 Å². The van der Waals surface area contributed by atoms with Crippen LogP contribution in [-0.4, -0.2) is 60.4 Å². The molecule has 0 spiro atoms. The molecule has 4 N–H and O–H groups in total. The molecule has 1 aromatic rings. The van der Waals surface area contributed by atoms with Gasteiger partial charge in [0.05, 0.1) is 17.3 Å². The Labute approximate surface area is 160 Å². The van der Waals surface area contributed by atoms with Crippen molar-refractivity contribution < 1.29 is 17.6 Å². The Hall–Kier alpha value is -2.14. The fourth-order valence-electron chi connectivity index (χ4n) is 3.64. The Bertz CT molecular complexity index is 762. The number of likely N-dealkylation sites (tertiary alicyclic amines) is 1. The molecule has 3 heterocycles. The minimum Gasteiger partial charge on any atom is -0.374 e. The second-order valence-corrected chi connectivity index (χ2v) is 7.06. The highest BCUT2D eigenvalue weighted by Gasteiger charge is 2.42. The number of halogens is 4. The molecule has 1 unspecified atom stereocenters. The number of nitrogens with zero attached hydrogens (tertiary/aromatic N) is 4. The van der Waals surface area contributed by atoms with Crippen molar-refractivity contribution >= 4 is 6.21 Å². The van der Waals surface area contributed by atoms with Gasteiger partial charge in [-0.05, 0) is 19.8 Å². The molecular weight excluding hydrogens is 378 g/mol. The van der Waals surface area contributed by atoms with Gasteiger partial charge in [-0.15, -0.1) is 0 Å². The van der Waals surface area contributed by atoms with Crippen molar-refractivity contribution in [3.63, 3.8) is 0 Å². The van der Waals surface area contributed by atoms with E-state index in [9.17, 15) is 17.6 Å². The van der Waals surface area contributed by atoms with Crippen molar-refractivity contribution in [3.05, 3.63) is 28.8 Å². The van der Waals surface area contributed by atoms with Gasteiger partial charge in [-0.25, -0.2) is 9.38 Å². The van der Waals surface area contributed by atoms with Gasteiger partial charge in [-0.3, -0.25) is 10.4 Å². The summed E-state index contributed by atoms with van der Waals surface area (Å²) in [4.78, 5) is 6.02. The zero-order valence-corrected chi connectivity index (χ0v) is 15.9.